The van der Waals surface area contributed by atoms with Crippen LogP contribution in [0.4, 0.5) is 0 Å². The number of hydrogen-bond donors (Lipinski definition) is 0. The first-order valence-corrected chi connectivity index (χ1v) is 20.5. The van der Waals surface area contributed by atoms with E-state index in [0.717, 1.165) is 77.0 Å². The third-order valence-corrected chi connectivity index (χ3v) is 12.5. The molecule has 0 saturated heterocycles. The minimum Gasteiger partial charge on any atom is -0.455 e. The van der Waals surface area contributed by atoms with E-state index in [-0.39, 0.29) is 5.41 Å². The third-order valence-electron chi connectivity index (χ3n) is 12.5. The summed E-state index contributed by atoms with van der Waals surface area (Å²) in [5.74, 6) is 1.82. The minimum absolute atomic E-state index is 0.103. The molecule has 4 heteroatoms. The van der Waals surface area contributed by atoms with E-state index in [2.05, 4.69) is 196 Å². The molecule has 0 amide bonds. The highest BCUT2D eigenvalue weighted by atomic mass is 16.3. The fraction of sp³-hybridized carbons (Fsp3) is 0.0536. The summed E-state index contributed by atoms with van der Waals surface area (Å²) in [5, 5.41) is 6.61. The average Bonchev–Trinajstić information content (AvgIpc) is 3.80. The Balaban J connectivity index is 1.05. The Hall–Kier alpha value is -7.69. The van der Waals surface area contributed by atoms with Gasteiger partial charge >= 0.3 is 0 Å². The van der Waals surface area contributed by atoms with Crippen LogP contribution in [0.3, 0.4) is 0 Å². The number of furan rings is 1. The monoisotopic (exact) mass is 767 g/mol. The number of benzene rings is 9. The molecule has 0 bridgehead atoms. The van der Waals surface area contributed by atoms with Crippen molar-refractivity contribution in [3.63, 3.8) is 0 Å². The van der Waals surface area contributed by atoms with Gasteiger partial charge in [-0.15, -0.1) is 0 Å². The van der Waals surface area contributed by atoms with E-state index in [1.807, 2.05) is 6.07 Å². The fourth-order valence-corrected chi connectivity index (χ4v) is 9.47. The molecule has 0 N–H and O–H groups in total. The summed E-state index contributed by atoms with van der Waals surface area (Å²) >= 11 is 0. The molecular formula is C56H37N3O. The maximum atomic E-state index is 7.00. The number of fused-ring (bicyclic) bond motifs is 9. The minimum atomic E-state index is -0.103. The maximum absolute atomic E-state index is 7.00. The molecule has 4 nitrogen and oxygen atoms in total. The summed E-state index contributed by atoms with van der Waals surface area (Å²) in [6.45, 7) is 4.66. The van der Waals surface area contributed by atoms with Gasteiger partial charge in [0.2, 0.25) is 0 Å². The zero-order valence-corrected chi connectivity index (χ0v) is 33.1. The van der Waals surface area contributed by atoms with Gasteiger partial charge in [-0.05, 0) is 78.7 Å². The van der Waals surface area contributed by atoms with E-state index in [0.29, 0.717) is 17.5 Å². The quantitative estimate of drug-likeness (QED) is 0.175. The van der Waals surface area contributed by atoms with Crippen molar-refractivity contribution in [3.8, 4) is 67.5 Å². The predicted molar refractivity (Wildman–Crippen MR) is 247 cm³/mol. The van der Waals surface area contributed by atoms with Gasteiger partial charge in [0.25, 0.3) is 0 Å². The van der Waals surface area contributed by atoms with Crippen LogP contribution in [0, 0.1) is 0 Å². The molecule has 1 aliphatic carbocycles. The number of rotatable bonds is 5. The molecule has 0 spiro atoms. The number of para-hydroxylation sites is 1. The molecular weight excluding hydrogens is 731 g/mol. The van der Waals surface area contributed by atoms with Gasteiger partial charge in [-0.3, -0.25) is 0 Å². The Morgan fingerprint density at radius 1 is 0.367 bits per heavy atom. The van der Waals surface area contributed by atoms with Gasteiger partial charge in [0.05, 0.1) is 0 Å². The predicted octanol–water partition coefficient (Wildman–Crippen LogP) is 14.7. The summed E-state index contributed by atoms with van der Waals surface area (Å²) in [5.41, 5.74) is 14.1. The van der Waals surface area contributed by atoms with Crippen LogP contribution in [-0.2, 0) is 5.41 Å². The van der Waals surface area contributed by atoms with Crippen LogP contribution in [0.2, 0.25) is 0 Å². The highest BCUT2D eigenvalue weighted by Crippen LogP contribution is 2.50. The molecule has 12 rings (SSSR count). The maximum Gasteiger partial charge on any atom is 0.164 e. The molecule has 2 heterocycles. The van der Waals surface area contributed by atoms with Crippen LogP contribution in [0.1, 0.15) is 25.0 Å². The summed E-state index contributed by atoms with van der Waals surface area (Å²) in [4.78, 5) is 15.6. The van der Waals surface area contributed by atoms with Crippen LogP contribution >= 0.6 is 0 Å². The molecule has 11 aromatic rings. The lowest BCUT2D eigenvalue weighted by Gasteiger charge is -2.22. The van der Waals surface area contributed by atoms with Crippen molar-refractivity contribution in [2.24, 2.45) is 0 Å². The van der Waals surface area contributed by atoms with Gasteiger partial charge in [-0.1, -0.05) is 184 Å². The number of nitrogens with zero attached hydrogens (tertiary/aromatic N) is 3. The van der Waals surface area contributed by atoms with Gasteiger partial charge in [0.1, 0.15) is 11.2 Å². The Bertz CT molecular complexity index is 3510. The lowest BCUT2D eigenvalue weighted by molar-refractivity contribution is 0.660. The lowest BCUT2D eigenvalue weighted by atomic mass is 9.81. The van der Waals surface area contributed by atoms with Gasteiger partial charge in [-0.2, -0.15) is 0 Å². The molecule has 282 valence electrons. The van der Waals surface area contributed by atoms with Crippen molar-refractivity contribution < 1.29 is 4.42 Å². The molecule has 2 aromatic heterocycles. The molecule has 0 radical (unpaired) electrons. The Labute approximate surface area is 347 Å². The summed E-state index contributed by atoms with van der Waals surface area (Å²) in [7, 11) is 0. The molecule has 60 heavy (non-hydrogen) atoms. The Morgan fingerprint density at radius 3 is 1.82 bits per heavy atom. The van der Waals surface area contributed by atoms with Gasteiger partial charge < -0.3 is 4.42 Å². The largest absolute Gasteiger partial charge is 0.455 e. The molecule has 0 unspecified atom stereocenters. The highest BCUT2D eigenvalue weighted by Gasteiger charge is 2.35. The van der Waals surface area contributed by atoms with E-state index in [1.54, 1.807) is 0 Å². The molecule has 0 atom stereocenters. The summed E-state index contributed by atoms with van der Waals surface area (Å²) in [6.07, 6.45) is 0. The van der Waals surface area contributed by atoms with Gasteiger partial charge in [0, 0.05) is 38.4 Å². The zero-order chi connectivity index (χ0) is 40.0. The van der Waals surface area contributed by atoms with E-state index in [4.69, 9.17) is 19.4 Å². The Morgan fingerprint density at radius 2 is 0.967 bits per heavy atom. The first-order valence-electron chi connectivity index (χ1n) is 20.5. The zero-order valence-electron chi connectivity index (χ0n) is 33.1. The summed E-state index contributed by atoms with van der Waals surface area (Å²) < 4.78 is 7.00. The summed E-state index contributed by atoms with van der Waals surface area (Å²) in [6, 6.07) is 66.6. The number of aromatic nitrogens is 3. The van der Waals surface area contributed by atoms with Crippen molar-refractivity contribution >= 4 is 43.5 Å². The van der Waals surface area contributed by atoms with Crippen LogP contribution in [0.15, 0.2) is 192 Å². The van der Waals surface area contributed by atoms with Crippen molar-refractivity contribution in [2.45, 2.75) is 19.3 Å². The lowest BCUT2D eigenvalue weighted by Crippen LogP contribution is -2.14. The second-order valence-corrected chi connectivity index (χ2v) is 16.4. The highest BCUT2D eigenvalue weighted by molar-refractivity contribution is 6.23. The Kier molecular flexibility index (Phi) is 7.54. The molecule has 0 saturated carbocycles. The second kappa shape index (κ2) is 13.2. The van der Waals surface area contributed by atoms with E-state index in [1.165, 1.54) is 27.6 Å². The van der Waals surface area contributed by atoms with Crippen LogP contribution in [-0.4, -0.2) is 15.0 Å². The van der Waals surface area contributed by atoms with E-state index < -0.39 is 0 Å². The first-order chi connectivity index (χ1) is 29.5. The van der Waals surface area contributed by atoms with E-state index in [9.17, 15) is 0 Å². The van der Waals surface area contributed by atoms with Crippen molar-refractivity contribution in [1.82, 2.24) is 15.0 Å². The molecule has 9 aromatic carbocycles. The van der Waals surface area contributed by atoms with Crippen molar-refractivity contribution in [2.75, 3.05) is 0 Å². The van der Waals surface area contributed by atoms with Crippen LogP contribution < -0.4 is 0 Å². The smallest absolute Gasteiger partial charge is 0.164 e. The van der Waals surface area contributed by atoms with Crippen molar-refractivity contribution in [3.05, 3.63) is 199 Å². The number of hydrogen-bond acceptors (Lipinski definition) is 4. The van der Waals surface area contributed by atoms with E-state index >= 15 is 0 Å². The topological polar surface area (TPSA) is 51.8 Å². The normalized spacial score (nSPS) is 13.0. The molecule has 1 aliphatic rings. The van der Waals surface area contributed by atoms with Gasteiger partial charge in [-0.25, -0.2) is 15.0 Å². The van der Waals surface area contributed by atoms with Crippen LogP contribution in [0.5, 0.6) is 0 Å². The van der Waals surface area contributed by atoms with Crippen molar-refractivity contribution in [1.29, 1.82) is 0 Å². The fourth-order valence-electron chi connectivity index (χ4n) is 9.47. The van der Waals surface area contributed by atoms with Crippen LogP contribution in [0.25, 0.3) is 111 Å². The third kappa shape index (κ3) is 5.34. The first kappa shape index (κ1) is 34.4. The SMILES string of the molecule is CC1(C)c2ccccc2-c2ccc(-c3cccc4c3oc3cc(-c5nc(-c6ccc(-c7ccccc7)cc6)nc(-c6ccc7ccccc7c6)n5)c5ccccc5c34)cc21. The molecule has 0 fully saturated rings. The average molecular weight is 768 g/mol. The van der Waals surface area contributed by atoms with Gasteiger partial charge in [0.15, 0.2) is 17.5 Å². The molecule has 0 aliphatic heterocycles. The second-order valence-electron chi connectivity index (χ2n) is 16.4. The standard InChI is InChI=1S/C56H37N3O/c1-56(2)48-22-11-10-18-43(48)44-30-29-39(32-49(44)56)41-20-12-21-46-51-45-19-9-8-17-42(45)47(33-50(51)60-52(41)46)55-58-53(37-26-23-36(24-27-37)34-13-4-3-5-14-34)57-54(59-55)40-28-25-35-15-6-7-16-38(35)31-40/h3-33H,1-2H3.